The summed E-state index contributed by atoms with van der Waals surface area (Å²) in [7, 11) is 0. The molecule has 3 rings (SSSR count). The molecule has 1 atom stereocenters. The summed E-state index contributed by atoms with van der Waals surface area (Å²) in [5.74, 6) is 0.516. The van der Waals surface area contributed by atoms with Gasteiger partial charge in [-0.1, -0.05) is 30.3 Å². The van der Waals surface area contributed by atoms with Gasteiger partial charge in [0.15, 0.2) is 0 Å². The minimum atomic E-state index is -0.232. The van der Waals surface area contributed by atoms with E-state index in [0.29, 0.717) is 0 Å². The lowest BCUT2D eigenvalue weighted by Gasteiger charge is -2.10. The highest BCUT2D eigenvalue weighted by Crippen LogP contribution is 2.26. The van der Waals surface area contributed by atoms with Crippen LogP contribution in [0.5, 0.6) is 0 Å². The van der Waals surface area contributed by atoms with E-state index < -0.39 is 0 Å². The summed E-state index contributed by atoms with van der Waals surface area (Å²) < 4.78 is 12.9. The van der Waals surface area contributed by atoms with E-state index in [0.717, 1.165) is 21.9 Å². The number of nitrogens with one attached hydrogen (secondary N) is 1. The summed E-state index contributed by atoms with van der Waals surface area (Å²) >= 11 is 1.68. The fraction of sp³-hybridized carbons (Fsp3) is 0.125. The van der Waals surface area contributed by atoms with Crippen molar-refractivity contribution in [3.05, 3.63) is 66.0 Å². The lowest BCUT2D eigenvalue weighted by molar-refractivity contribution is 0.626. The molecule has 0 saturated carbocycles. The highest BCUT2D eigenvalue weighted by Gasteiger charge is 2.08. The Morgan fingerprint density at radius 2 is 1.85 bits per heavy atom. The van der Waals surface area contributed by atoms with Crippen molar-refractivity contribution in [3.8, 4) is 0 Å². The molecule has 0 saturated heterocycles. The zero-order chi connectivity index (χ0) is 13.9. The van der Waals surface area contributed by atoms with Crippen molar-refractivity contribution in [2.45, 2.75) is 11.1 Å². The summed E-state index contributed by atoms with van der Waals surface area (Å²) in [6.45, 7) is 0. The Labute approximate surface area is 121 Å². The van der Waals surface area contributed by atoms with Crippen molar-refractivity contribution >= 4 is 22.7 Å². The molecule has 0 spiro atoms. The summed E-state index contributed by atoms with van der Waals surface area (Å²) in [6.07, 6.45) is 0. The number of H-pyrrole nitrogens is 1. The number of fused-ring (bicyclic) bond motifs is 1. The molecule has 2 aromatic carbocycles. The number of thioether (sulfide) groups is 1. The van der Waals surface area contributed by atoms with Crippen LogP contribution < -0.4 is 5.73 Å². The zero-order valence-corrected chi connectivity index (χ0v) is 11.7. The van der Waals surface area contributed by atoms with Crippen LogP contribution in [0.1, 0.15) is 11.6 Å². The Bertz CT molecular complexity index is 673. The molecule has 3 aromatic rings. The maximum atomic E-state index is 12.9. The number of rotatable bonds is 4. The van der Waals surface area contributed by atoms with Gasteiger partial charge in [0.1, 0.15) is 5.82 Å². The van der Waals surface area contributed by atoms with Crippen molar-refractivity contribution in [1.82, 2.24) is 4.98 Å². The Hall–Kier alpha value is -1.78. The van der Waals surface area contributed by atoms with E-state index in [4.69, 9.17) is 5.73 Å². The van der Waals surface area contributed by atoms with Crippen molar-refractivity contribution < 1.29 is 4.39 Å². The average molecular weight is 286 g/mol. The lowest BCUT2D eigenvalue weighted by Crippen LogP contribution is -2.12. The first-order valence-corrected chi connectivity index (χ1v) is 7.42. The molecule has 0 aliphatic carbocycles. The van der Waals surface area contributed by atoms with Crippen LogP contribution in [-0.4, -0.2) is 10.7 Å². The fourth-order valence-electron chi connectivity index (χ4n) is 2.11. The Kier molecular flexibility index (Phi) is 3.76. The molecule has 0 bridgehead atoms. The molecule has 102 valence electrons. The molecule has 0 amide bonds. The molecule has 0 radical (unpaired) electrons. The van der Waals surface area contributed by atoms with E-state index in [1.807, 2.05) is 12.1 Å². The van der Waals surface area contributed by atoms with Crippen molar-refractivity contribution in [3.63, 3.8) is 0 Å². The first kappa shape index (κ1) is 13.2. The molecule has 2 nitrogen and oxygen atoms in total. The second-order valence-corrected chi connectivity index (χ2v) is 5.75. The quantitative estimate of drug-likeness (QED) is 0.709. The molecule has 0 aliphatic heterocycles. The van der Waals surface area contributed by atoms with Crippen LogP contribution in [0.15, 0.2) is 59.6 Å². The molecule has 1 heterocycles. The fourth-order valence-corrected chi connectivity index (χ4v) is 3.05. The Morgan fingerprint density at radius 3 is 2.60 bits per heavy atom. The summed E-state index contributed by atoms with van der Waals surface area (Å²) in [5, 5.41) is 2.30. The number of nitrogens with two attached hydrogens (primary N) is 1. The molecule has 3 N–H and O–H groups in total. The molecule has 4 heteroatoms. The van der Waals surface area contributed by atoms with Gasteiger partial charge in [0.2, 0.25) is 0 Å². The van der Waals surface area contributed by atoms with Crippen LogP contribution >= 0.6 is 11.8 Å². The lowest BCUT2D eigenvalue weighted by atomic mass is 10.1. The minimum Gasteiger partial charge on any atom is -0.350 e. The van der Waals surface area contributed by atoms with E-state index in [1.165, 1.54) is 17.5 Å². The van der Waals surface area contributed by atoms with Crippen molar-refractivity contribution in [1.29, 1.82) is 0 Å². The predicted molar refractivity (Wildman–Crippen MR) is 82.4 cm³/mol. The van der Waals surface area contributed by atoms with Gasteiger partial charge in [-0.25, -0.2) is 4.39 Å². The van der Waals surface area contributed by atoms with Gasteiger partial charge in [-0.3, -0.25) is 0 Å². The maximum Gasteiger partial charge on any atom is 0.123 e. The highest BCUT2D eigenvalue weighted by atomic mass is 32.2. The van der Waals surface area contributed by atoms with E-state index in [1.54, 1.807) is 23.9 Å². The normalized spacial score (nSPS) is 12.7. The van der Waals surface area contributed by atoms with E-state index >= 15 is 0 Å². The molecule has 20 heavy (non-hydrogen) atoms. The van der Waals surface area contributed by atoms with E-state index in [9.17, 15) is 4.39 Å². The van der Waals surface area contributed by atoms with Crippen LogP contribution in [0.2, 0.25) is 0 Å². The first-order valence-electron chi connectivity index (χ1n) is 6.44. The van der Waals surface area contributed by atoms with Gasteiger partial charge in [-0.2, -0.15) is 0 Å². The van der Waals surface area contributed by atoms with Crippen LogP contribution in [0.25, 0.3) is 10.9 Å². The molecule has 1 unspecified atom stereocenters. The number of hydrogen-bond acceptors (Lipinski definition) is 2. The van der Waals surface area contributed by atoms with Gasteiger partial charge in [0.05, 0.1) is 5.03 Å². The standard InChI is InChI=1S/C16H15FN2S/c17-13-7-5-11(6-8-13)14(18)10-20-16-9-12-3-1-2-4-15(12)19-16/h1-9,14,19H,10,18H2. The number of para-hydroxylation sites is 1. The molecule has 0 aliphatic rings. The van der Waals surface area contributed by atoms with Crippen molar-refractivity contribution in [2.75, 3.05) is 5.75 Å². The third kappa shape index (κ3) is 2.86. The van der Waals surface area contributed by atoms with Gasteiger partial charge in [-0.05, 0) is 29.8 Å². The average Bonchev–Trinajstić information content (AvgIpc) is 2.88. The van der Waals surface area contributed by atoms with Crippen LogP contribution in [0, 0.1) is 5.82 Å². The summed E-state index contributed by atoms with van der Waals surface area (Å²) in [4.78, 5) is 3.36. The number of aromatic nitrogens is 1. The second kappa shape index (κ2) is 5.69. The Morgan fingerprint density at radius 1 is 1.10 bits per heavy atom. The topological polar surface area (TPSA) is 41.8 Å². The molecular formula is C16H15FN2S. The molecular weight excluding hydrogens is 271 g/mol. The number of halogens is 1. The third-order valence-electron chi connectivity index (χ3n) is 3.22. The van der Waals surface area contributed by atoms with Crippen LogP contribution in [-0.2, 0) is 0 Å². The predicted octanol–water partition coefficient (Wildman–Crippen LogP) is 4.10. The second-order valence-electron chi connectivity index (χ2n) is 4.69. The van der Waals surface area contributed by atoms with E-state index in [2.05, 4.69) is 23.2 Å². The van der Waals surface area contributed by atoms with Gasteiger partial charge < -0.3 is 10.7 Å². The SMILES string of the molecule is NC(CSc1cc2ccccc2[nH]1)c1ccc(F)cc1. The first-order chi connectivity index (χ1) is 9.72. The third-order valence-corrected chi connectivity index (χ3v) is 4.28. The van der Waals surface area contributed by atoms with Gasteiger partial charge in [0.25, 0.3) is 0 Å². The smallest absolute Gasteiger partial charge is 0.123 e. The Balaban J connectivity index is 1.68. The summed E-state index contributed by atoms with van der Waals surface area (Å²) in [5.41, 5.74) is 8.21. The minimum absolute atomic E-state index is 0.105. The maximum absolute atomic E-state index is 12.9. The van der Waals surface area contributed by atoms with Gasteiger partial charge in [-0.15, -0.1) is 11.8 Å². The zero-order valence-electron chi connectivity index (χ0n) is 10.8. The number of benzene rings is 2. The highest BCUT2D eigenvalue weighted by molar-refractivity contribution is 7.99. The van der Waals surface area contributed by atoms with Crippen LogP contribution in [0.3, 0.4) is 0 Å². The number of hydrogen-bond donors (Lipinski definition) is 2. The largest absolute Gasteiger partial charge is 0.350 e. The molecule has 0 fully saturated rings. The van der Waals surface area contributed by atoms with Crippen molar-refractivity contribution in [2.24, 2.45) is 5.73 Å². The summed E-state index contributed by atoms with van der Waals surface area (Å²) in [6, 6.07) is 16.6. The van der Waals surface area contributed by atoms with Gasteiger partial charge >= 0.3 is 0 Å². The number of aromatic amines is 1. The molecule has 1 aromatic heterocycles. The van der Waals surface area contributed by atoms with Gasteiger partial charge in [0, 0.05) is 22.7 Å². The van der Waals surface area contributed by atoms with E-state index in [-0.39, 0.29) is 11.9 Å². The monoisotopic (exact) mass is 286 g/mol. The van der Waals surface area contributed by atoms with Crippen LogP contribution in [0.4, 0.5) is 4.39 Å².